The summed E-state index contributed by atoms with van der Waals surface area (Å²) in [6.07, 6.45) is 1.20. The third-order valence-corrected chi connectivity index (χ3v) is 5.94. The molecule has 146 valence electrons. The van der Waals surface area contributed by atoms with E-state index >= 15 is 0 Å². The number of aliphatic carboxylic acids is 1. The lowest BCUT2D eigenvalue weighted by atomic mass is 10.1. The highest BCUT2D eigenvalue weighted by Gasteiger charge is 2.32. The van der Waals surface area contributed by atoms with Gasteiger partial charge in [0.05, 0.1) is 24.9 Å². The summed E-state index contributed by atoms with van der Waals surface area (Å²) in [6, 6.07) is 5.40. The Morgan fingerprint density at radius 2 is 2.21 bits per heavy atom. The molecule has 28 heavy (non-hydrogen) atoms. The highest BCUT2D eigenvalue weighted by Crippen LogP contribution is 2.34. The van der Waals surface area contributed by atoms with E-state index in [4.69, 9.17) is 15.6 Å². The standard InChI is InChI=1S/C17H16N4O5S2/c1-2-26-16(25)14-13(18)9-5-8(3-4-10(9)27-14)7-19-21-17-20-15(24)11(28-17)6-12(22)23/h3-5,7,11H,2,6,18H2,1H3,(H,22,23)(H,20,21,24). The largest absolute Gasteiger partial charge is 0.481 e. The van der Waals surface area contributed by atoms with E-state index in [0.717, 1.165) is 21.8 Å². The molecule has 3 rings (SSSR count). The zero-order chi connectivity index (χ0) is 20.3. The maximum absolute atomic E-state index is 11.9. The number of nitrogens with one attached hydrogen (secondary N) is 1. The number of nitrogens with zero attached hydrogens (tertiary/aromatic N) is 2. The lowest BCUT2D eigenvalue weighted by Gasteiger charge is -1.99. The van der Waals surface area contributed by atoms with Crippen LogP contribution in [0.2, 0.25) is 0 Å². The third-order valence-electron chi connectivity index (χ3n) is 3.70. The van der Waals surface area contributed by atoms with Crippen LogP contribution < -0.4 is 11.1 Å². The molecule has 0 spiro atoms. The minimum atomic E-state index is -1.05. The first-order chi connectivity index (χ1) is 13.4. The Morgan fingerprint density at radius 1 is 1.43 bits per heavy atom. The molecule has 1 unspecified atom stereocenters. The number of ether oxygens (including phenoxy) is 1. The molecular weight excluding hydrogens is 404 g/mol. The van der Waals surface area contributed by atoms with Crippen LogP contribution in [0.1, 0.15) is 28.6 Å². The van der Waals surface area contributed by atoms with Crippen molar-refractivity contribution in [2.45, 2.75) is 18.6 Å². The highest BCUT2D eigenvalue weighted by atomic mass is 32.2. The average Bonchev–Trinajstić information content (AvgIpc) is 3.15. The van der Waals surface area contributed by atoms with Crippen LogP contribution in [0.25, 0.3) is 10.1 Å². The first kappa shape index (κ1) is 19.8. The molecule has 4 N–H and O–H groups in total. The summed E-state index contributed by atoms with van der Waals surface area (Å²) in [6.45, 7) is 2.00. The summed E-state index contributed by atoms with van der Waals surface area (Å²) in [5.41, 5.74) is 7.13. The fraction of sp³-hybridized carbons (Fsp3) is 0.235. The number of nitrogen functional groups attached to an aromatic ring is 1. The fourth-order valence-electron chi connectivity index (χ4n) is 2.46. The van der Waals surface area contributed by atoms with E-state index in [1.54, 1.807) is 19.1 Å². The Labute approximate surface area is 167 Å². The Balaban J connectivity index is 1.76. The van der Waals surface area contributed by atoms with E-state index in [0.29, 0.717) is 16.1 Å². The highest BCUT2D eigenvalue weighted by molar-refractivity contribution is 8.15. The maximum Gasteiger partial charge on any atom is 0.350 e. The molecule has 0 radical (unpaired) electrons. The monoisotopic (exact) mass is 420 g/mol. The van der Waals surface area contributed by atoms with Gasteiger partial charge in [0.15, 0.2) is 5.17 Å². The van der Waals surface area contributed by atoms with Crippen molar-refractivity contribution in [3.05, 3.63) is 28.6 Å². The number of esters is 1. The number of hydrogen-bond acceptors (Lipinski definition) is 9. The molecule has 1 aliphatic rings. The van der Waals surface area contributed by atoms with Gasteiger partial charge in [0.2, 0.25) is 5.91 Å². The van der Waals surface area contributed by atoms with Crippen molar-refractivity contribution in [3.63, 3.8) is 0 Å². The number of amidine groups is 1. The number of anilines is 1. The van der Waals surface area contributed by atoms with E-state index < -0.39 is 23.1 Å². The van der Waals surface area contributed by atoms with Crippen LogP contribution in [0.5, 0.6) is 0 Å². The van der Waals surface area contributed by atoms with E-state index in [1.807, 2.05) is 6.07 Å². The minimum absolute atomic E-state index is 0.244. The smallest absolute Gasteiger partial charge is 0.350 e. The molecule has 0 bridgehead atoms. The van der Waals surface area contributed by atoms with Crippen molar-refractivity contribution < 1.29 is 24.2 Å². The molecule has 1 atom stereocenters. The second-order valence-corrected chi connectivity index (χ2v) is 7.91. The summed E-state index contributed by atoms with van der Waals surface area (Å²) in [5.74, 6) is -1.91. The Morgan fingerprint density at radius 3 is 2.93 bits per heavy atom. The summed E-state index contributed by atoms with van der Waals surface area (Å²) in [7, 11) is 0. The SMILES string of the molecule is CCOC(=O)c1sc2ccc(C=NN=C3NC(=O)C(CC(=O)O)S3)cc2c1N. The second kappa shape index (κ2) is 8.40. The molecule has 1 amide bonds. The Kier molecular flexibility index (Phi) is 5.95. The molecule has 1 fully saturated rings. The summed E-state index contributed by atoms with van der Waals surface area (Å²) in [5, 5.41) is 19.4. The van der Waals surface area contributed by atoms with Gasteiger partial charge in [-0.05, 0) is 24.6 Å². The van der Waals surface area contributed by atoms with Crippen LogP contribution in [0.15, 0.2) is 28.4 Å². The molecule has 1 aliphatic heterocycles. The molecule has 1 aromatic heterocycles. The van der Waals surface area contributed by atoms with Gasteiger partial charge < -0.3 is 20.9 Å². The second-order valence-electron chi connectivity index (χ2n) is 5.66. The number of carboxylic acids is 1. The van der Waals surface area contributed by atoms with Gasteiger partial charge >= 0.3 is 11.9 Å². The fourth-order valence-corrected chi connectivity index (χ4v) is 4.37. The molecule has 0 aliphatic carbocycles. The quantitative estimate of drug-likeness (QED) is 0.369. The van der Waals surface area contributed by atoms with E-state index in [9.17, 15) is 14.4 Å². The predicted octanol–water partition coefficient (Wildman–Crippen LogP) is 2.06. The lowest BCUT2D eigenvalue weighted by Crippen LogP contribution is -2.26. The minimum Gasteiger partial charge on any atom is -0.481 e. The van der Waals surface area contributed by atoms with Crippen molar-refractivity contribution >= 4 is 68.1 Å². The van der Waals surface area contributed by atoms with Crippen molar-refractivity contribution in [1.82, 2.24) is 5.32 Å². The number of benzene rings is 1. The van der Waals surface area contributed by atoms with Gasteiger partial charge in [0.25, 0.3) is 0 Å². The topological polar surface area (TPSA) is 143 Å². The van der Waals surface area contributed by atoms with E-state index in [-0.39, 0.29) is 18.2 Å². The number of hydrogen-bond donors (Lipinski definition) is 3. The molecule has 0 saturated carbocycles. The van der Waals surface area contributed by atoms with E-state index in [1.165, 1.54) is 17.6 Å². The van der Waals surface area contributed by atoms with Crippen LogP contribution in [-0.2, 0) is 14.3 Å². The summed E-state index contributed by atoms with van der Waals surface area (Å²) < 4.78 is 5.85. The Bertz CT molecular complexity index is 1010. The predicted molar refractivity (Wildman–Crippen MR) is 109 cm³/mol. The third kappa shape index (κ3) is 4.31. The number of rotatable bonds is 6. The number of thioether (sulfide) groups is 1. The molecule has 1 aromatic carbocycles. The van der Waals surface area contributed by atoms with Crippen LogP contribution in [0.4, 0.5) is 5.69 Å². The first-order valence-corrected chi connectivity index (χ1v) is 9.88. The van der Waals surface area contributed by atoms with Crippen LogP contribution in [-0.4, -0.2) is 46.2 Å². The van der Waals surface area contributed by atoms with Crippen molar-refractivity contribution in [2.24, 2.45) is 10.2 Å². The van der Waals surface area contributed by atoms with Crippen LogP contribution in [0, 0.1) is 0 Å². The average molecular weight is 420 g/mol. The number of carboxylic acid groups (broad SMARTS) is 1. The Hall–Kier alpha value is -2.92. The molecular formula is C17H16N4O5S2. The molecule has 11 heteroatoms. The van der Waals surface area contributed by atoms with E-state index in [2.05, 4.69) is 15.5 Å². The van der Waals surface area contributed by atoms with Gasteiger partial charge in [-0.3, -0.25) is 9.59 Å². The number of fused-ring (bicyclic) bond motifs is 1. The van der Waals surface area contributed by atoms with Crippen molar-refractivity contribution in [2.75, 3.05) is 12.3 Å². The normalized spacial score (nSPS) is 18.1. The van der Waals surface area contributed by atoms with Gasteiger partial charge in [-0.25, -0.2) is 4.79 Å². The number of carbonyl (C=O) groups is 3. The van der Waals surface area contributed by atoms with Crippen molar-refractivity contribution in [3.8, 4) is 0 Å². The number of carbonyl (C=O) groups excluding carboxylic acids is 2. The maximum atomic E-state index is 11.9. The summed E-state index contributed by atoms with van der Waals surface area (Å²) >= 11 is 2.28. The van der Waals surface area contributed by atoms with Gasteiger partial charge in [-0.2, -0.15) is 5.10 Å². The molecule has 2 heterocycles. The van der Waals surface area contributed by atoms with Gasteiger partial charge in [-0.1, -0.05) is 17.8 Å². The van der Waals surface area contributed by atoms with Gasteiger partial charge in [-0.15, -0.1) is 16.4 Å². The van der Waals surface area contributed by atoms with Gasteiger partial charge in [0.1, 0.15) is 10.1 Å². The zero-order valence-corrected chi connectivity index (χ0v) is 16.3. The lowest BCUT2D eigenvalue weighted by molar-refractivity contribution is -0.138. The van der Waals surface area contributed by atoms with Crippen LogP contribution in [0.3, 0.4) is 0 Å². The molecule has 2 aromatic rings. The number of amides is 1. The van der Waals surface area contributed by atoms with Crippen LogP contribution >= 0.6 is 23.1 Å². The number of nitrogens with two attached hydrogens (primary N) is 1. The summed E-state index contributed by atoms with van der Waals surface area (Å²) in [4.78, 5) is 34.7. The molecule has 9 nitrogen and oxygen atoms in total. The van der Waals surface area contributed by atoms with Gasteiger partial charge in [0, 0.05) is 10.1 Å². The van der Waals surface area contributed by atoms with Crippen molar-refractivity contribution in [1.29, 1.82) is 0 Å². The molecule has 1 saturated heterocycles. The first-order valence-electron chi connectivity index (χ1n) is 8.18. The zero-order valence-electron chi connectivity index (χ0n) is 14.7. The number of thiophene rings is 1.